The number of carbonyl (C=O) groups is 1. The molecule has 0 saturated heterocycles. The lowest BCUT2D eigenvalue weighted by Crippen LogP contribution is -2.10. The van der Waals surface area contributed by atoms with Crippen molar-refractivity contribution in [2.45, 2.75) is 6.54 Å². The van der Waals surface area contributed by atoms with Crippen molar-refractivity contribution in [3.8, 4) is 16.3 Å². The molecule has 1 aromatic carbocycles. The zero-order valence-electron chi connectivity index (χ0n) is 12.5. The molecule has 118 valence electrons. The normalized spacial score (nSPS) is 10.5. The van der Waals surface area contributed by atoms with E-state index >= 15 is 0 Å². The number of hydrogen-bond donors (Lipinski definition) is 0. The number of ether oxygens (including phenoxy) is 2. The highest BCUT2D eigenvalue weighted by Gasteiger charge is 2.13. The molecule has 0 N–H and O–H groups in total. The van der Waals surface area contributed by atoms with Crippen LogP contribution in [0.1, 0.15) is 9.67 Å². The van der Waals surface area contributed by atoms with Gasteiger partial charge in [0.05, 0.1) is 19.9 Å². The summed E-state index contributed by atoms with van der Waals surface area (Å²) < 4.78 is 12.1. The van der Waals surface area contributed by atoms with Crippen molar-refractivity contribution in [2.75, 3.05) is 13.7 Å². The summed E-state index contributed by atoms with van der Waals surface area (Å²) >= 11 is 1.31. The van der Waals surface area contributed by atoms with Gasteiger partial charge in [-0.3, -0.25) is 4.68 Å². The zero-order valence-corrected chi connectivity index (χ0v) is 13.3. The summed E-state index contributed by atoms with van der Waals surface area (Å²) in [6.07, 6.45) is 5.05. The number of rotatable bonds is 6. The van der Waals surface area contributed by atoms with Gasteiger partial charge in [-0.15, -0.1) is 11.3 Å². The lowest BCUT2D eigenvalue weighted by molar-refractivity contribution is 0.0493. The molecule has 3 aromatic rings. The van der Waals surface area contributed by atoms with Gasteiger partial charge in [-0.25, -0.2) is 9.78 Å². The van der Waals surface area contributed by atoms with Gasteiger partial charge in [-0.1, -0.05) is 0 Å². The van der Waals surface area contributed by atoms with Crippen LogP contribution in [0.25, 0.3) is 10.6 Å². The van der Waals surface area contributed by atoms with Gasteiger partial charge in [0.15, 0.2) is 0 Å². The maximum Gasteiger partial charge on any atom is 0.350 e. The van der Waals surface area contributed by atoms with Gasteiger partial charge >= 0.3 is 5.97 Å². The highest BCUT2D eigenvalue weighted by atomic mass is 32.1. The first-order valence-electron chi connectivity index (χ1n) is 7.01. The van der Waals surface area contributed by atoms with Crippen molar-refractivity contribution in [2.24, 2.45) is 0 Å². The van der Waals surface area contributed by atoms with Crippen LogP contribution in [0.15, 0.2) is 48.9 Å². The molecule has 0 atom stereocenters. The molecule has 2 heterocycles. The van der Waals surface area contributed by atoms with Gasteiger partial charge in [-0.05, 0) is 30.3 Å². The summed E-state index contributed by atoms with van der Waals surface area (Å²) in [7, 11) is 1.62. The highest BCUT2D eigenvalue weighted by Crippen LogP contribution is 2.27. The number of thiazole rings is 1. The van der Waals surface area contributed by atoms with Crippen LogP contribution in [0, 0.1) is 0 Å². The van der Waals surface area contributed by atoms with Crippen LogP contribution in [0.4, 0.5) is 0 Å². The molecule has 0 spiro atoms. The van der Waals surface area contributed by atoms with E-state index in [0.717, 1.165) is 16.3 Å². The van der Waals surface area contributed by atoms with Crippen molar-refractivity contribution in [1.29, 1.82) is 0 Å². The second-order valence-electron chi connectivity index (χ2n) is 4.66. The highest BCUT2D eigenvalue weighted by molar-refractivity contribution is 7.16. The summed E-state index contributed by atoms with van der Waals surface area (Å²) in [5.74, 6) is 0.415. The van der Waals surface area contributed by atoms with Crippen LogP contribution >= 0.6 is 11.3 Å². The lowest BCUT2D eigenvalue weighted by Gasteiger charge is -2.03. The Morgan fingerprint density at radius 2 is 2.13 bits per heavy atom. The quantitative estimate of drug-likeness (QED) is 0.651. The molecule has 0 saturated carbocycles. The molecular formula is C16H15N3O3S. The Kier molecular flexibility index (Phi) is 4.68. The second kappa shape index (κ2) is 7.06. The summed E-state index contributed by atoms with van der Waals surface area (Å²) in [5.41, 5.74) is 0.936. The summed E-state index contributed by atoms with van der Waals surface area (Å²) in [4.78, 5) is 16.8. The maximum atomic E-state index is 12.0. The molecule has 0 aliphatic heterocycles. The summed E-state index contributed by atoms with van der Waals surface area (Å²) in [5, 5.41) is 4.82. The van der Waals surface area contributed by atoms with Crippen LogP contribution in [0.5, 0.6) is 5.75 Å². The van der Waals surface area contributed by atoms with Crippen LogP contribution in [-0.4, -0.2) is 34.5 Å². The molecule has 0 radical (unpaired) electrons. The molecule has 23 heavy (non-hydrogen) atoms. The fraction of sp³-hybridized carbons (Fsp3) is 0.188. The van der Waals surface area contributed by atoms with E-state index in [-0.39, 0.29) is 12.6 Å². The Morgan fingerprint density at radius 1 is 1.30 bits per heavy atom. The number of hydrogen-bond acceptors (Lipinski definition) is 6. The molecule has 0 amide bonds. The van der Waals surface area contributed by atoms with Crippen LogP contribution in [0.2, 0.25) is 0 Å². The van der Waals surface area contributed by atoms with E-state index in [1.54, 1.807) is 24.2 Å². The van der Waals surface area contributed by atoms with E-state index < -0.39 is 0 Å². The van der Waals surface area contributed by atoms with Gasteiger partial charge in [0.2, 0.25) is 0 Å². The van der Waals surface area contributed by atoms with Crippen molar-refractivity contribution in [3.63, 3.8) is 0 Å². The Labute approximate surface area is 137 Å². The second-order valence-corrected chi connectivity index (χ2v) is 5.69. The van der Waals surface area contributed by atoms with E-state index in [4.69, 9.17) is 9.47 Å². The average Bonchev–Trinajstić information content (AvgIpc) is 3.26. The minimum Gasteiger partial charge on any atom is -0.497 e. The van der Waals surface area contributed by atoms with E-state index in [0.29, 0.717) is 11.4 Å². The molecular weight excluding hydrogens is 314 g/mol. The Morgan fingerprint density at radius 3 is 2.83 bits per heavy atom. The standard InChI is InChI=1S/C16H15N3O3S/c1-21-13-5-3-12(4-6-13)15-17-11-14(23-15)16(20)22-10-9-19-8-2-7-18-19/h2-8,11H,9-10H2,1H3. The van der Waals surface area contributed by atoms with Crippen LogP contribution in [0.3, 0.4) is 0 Å². The maximum absolute atomic E-state index is 12.0. The van der Waals surface area contributed by atoms with Gasteiger partial charge in [0.1, 0.15) is 22.2 Å². The molecule has 0 unspecified atom stereocenters. The largest absolute Gasteiger partial charge is 0.497 e. The third-order valence-electron chi connectivity index (χ3n) is 3.16. The topological polar surface area (TPSA) is 66.2 Å². The zero-order chi connectivity index (χ0) is 16.1. The predicted molar refractivity (Wildman–Crippen MR) is 86.6 cm³/mol. The molecule has 0 fully saturated rings. The first-order valence-corrected chi connectivity index (χ1v) is 7.83. The monoisotopic (exact) mass is 329 g/mol. The smallest absolute Gasteiger partial charge is 0.350 e. The summed E-state index contributed by atoms with van der Waals surface area (Å²) in [6.45, 7) is 0.805. The lowest BCUT2D eigenvalue weighted by atomic mass is 10.2. The summed E-state index contributed by atoms with van der Waals surface area (Å²) in [6, 6.07) is 9.36. The predicted octanol–water partition coefficient (Wildman–Crippen LogP) is 2.87. The van der Waals surface area contributed by atoms with E-state index in [1.807, 2.05) is 36.5 Å². The molecule has 7 heteroatoms. The van der Waals surface area contributed by atoms with E-state index in [9.17, 15) is 4.79 Å². The third kappa shape index (κ3) is 3.75. The van der Waals surface area contributed by atoms with Gasteiger partial charge < -0.3 is 9.47 Å². The first-order chi connectivity index (χ1) is 11.3. The molecule has 0 bridgehead atoms. The molecule has 0 aliphatic carbocycles. The Hall–Kier alpha value is -2.67. The van der Waals surface area contributed by atoms with Crippen molar-refractivity contribution < 1.29 is 14.3 Å². The Bertz CT molecular complexity index is 766. The molecule has 3 rings (SSSR count). The number of benzene rings is 1. The average molecular weight is 329 g/mol. The molecule has 6 nitrogen and oxygen atoms in total. The number of methoxy groups -OCH3 is 1. The van der Waals surface area contributed by atoms with Gasteiger partial charge in [0.25, 0.3) is 0 Å². The number of nitrogens with zero attached hydrogens (tertiary/aromatic N) is 3. The first kappa shape index (κ1) is 15.2. The van der Waals surface area contributed by atoms with Gasteiger partial charge in [-0.2, -0.15) is 5.10 Å². The van der Waals surface area contributed by atoms with E-state index in [2.05, 4.69) is 10.1 Å². The van der Waals surface area contributed by atoms with Crippen molar-refractivity contribution >= 4 is 17.3 Å². The van der Waals surface area contributed by atoms with Crippen molar-refractivity contribution in [1.82, 2.24) is 14.8 Å². The van der Waals surface area contributed by atoms with Crippen LogP contribution in [-0.2, 0) is 11.3 Å². The number of aromatic nitrogens is 3. The minimum atomic E-state index is -0.366. The number of esters is 1. The fourth-order valence-electron chi connectivity index (χ4n) is 1.97. The third-order valence-corrected chi connectivity index (χ3v) is 4.18. The van der Waals surface area contributed by atoms with E-state index in [1.165, 1.54) is 11.3 Å². The molecule has 0 aliphatic rings. The Balaban J connectivity index is 1.60. The fourth-order valence-corrected chi connectivity index (χ4v) is 2.79. The van der Waals surface area contributed by atoms with Crippen LogP contribution < -0.4 is 4.74 Å². The van der Waals surface area contributed by atoms with Crippen molar-refractivity contribution in [3.05, 3.63) is 53.8 Å². The SMILES string of the molecule is COc1ccc(-c2ncc(C(=O)OCCn3cccn3)s2)cc1. The number of carbonyl (C=O) groups excluding carboxylic acids is 1. The minimum absolute atomic E-state index is 0.274. The molecule has 2 aromatic heterocycles. The van der Waals surface area contributed by atoms with Gasteiger partial charge in [0, 0.05) is 18.0 Å².